The van der Waals surface area contributed by atoms with E-state index in [1.165, 1.54) is 83.1 Å². The quantitative estimate of drug-likeness (QED) is 0.166. The average molecular weight is 843 g/mol. The monoisotopic (exact) mass is 842 g/mol. The van der Waals surface area contributed by atoms with Gasteiger partial charge >= 0.3 is 0 Å². The van der Waals surface area contributed by atoms with E-state index in [0.29, 0.717) is 0 Å². The third kappa shape index (κ3) is 5.26. The van der Waals surface area contributed by atoms with Crippen LogP contribution in [0.15, 0.2) is 223 Å². The van der Waals surface area contributed by atoms with Crippen LogP contribution in [0.1, 0.15) is 25.0 Å². The van der Waals surface area contributed by atoms with Gasteiger partial charge in [0.1, 0.15) is 5.58 Å². The number of rotatable bonds is 6. The van der Waals surface area contributed by atoms with Crippen molar-refractivity contribution < 1.29 is 4.42 Å². The van der Waals surface area contributed by atoms with Crippen LogP contribution >= 0.6 is 0 Å². The lowest BCUT2D eigenvalue weighted by Crippen LogP contribution is -2.15. The van der Waals surface area contributed by atoms with Gasteiger partial charge in [-0.1, -0.05) is 166 Å². The van der Waals surface area contributed by atoms with Crippen molar-refractivity contribution in [3.63, 3.8) is 0 Å². The molecular formula is C63H42N2O. The predicted octanol–water partition coefficient (Wildman–Crippen LogP) is 17.4. The van der Waals surface area contributed by atoms with E-state index in [9.17, 15) is 0 Å². The summed E-state index contributed by atoms with van der Waals surface area (Å²) in [5.74, 6) is 0. The minimum Gasteiger partial charge on any atom is -0.454 e. The lowest BCUT2D eigenvalue weighted by atomic mass is 9.80. The summed E-state index contributed by atoms with van der Waals surface area (Å²) < 4.78 is 9.19. The van der Waals surface area contributed by atoms with Gasteiger partial charge in [-0.2, -0.15) is 0 Å². The Bertz CT molecular complexity index is 3960. The van der Waals surface area contributed by atoms with Crippen molar-refractivity contribution in [2.45, 2.75) is 19.3 Å². The number of para-hydroxylation sites is 4. The molecule has 3 heteroatoms. The third-order valence-electron chi connectivity index (χ3n) is 14.5. The second-order valence-corrected chi connectivity index (χ2v) is 18.5. The zero-order valence-electron chi connectivity index (χ0n) is 36.6. The summed E-state index contributed by atoms with van der Waals surface area (Å²) in [6.45, 7) is 4.82. The molecule has 1 aliphatic carbocycles. The average Bonchev–Trinajstić information content (AvgIpc) is 3.97. The molecule has 0 saturated heterocycles. The maximum absolute atomic E-state index is 6.66. The summed E-state index contributed by atoms with van der Waals surface area (Å²) in [5, 5.41) is 4.83. The second-order valence-electron chi connectivity index (χ2n) is 18.5. The highest BCUT2D eigenvalue weighted by molar-refractivity contribution is 6.19. The Kier molecular flexibility index (Phi) is 7.74. The fourth-order valence-corrected chi connectivity index (χ4v) is 11.4. The molecule has 2 aromatic heterocycles. The molecule has 10 aromatic carbocycles. The van der Waals surface area contributed by atoms with Crippen LogP contribution in [0, 0.1) is 0 Å². The molecule has 0 unspecified atom stereocenters. The standard InChI is InChI=1S/C63H42N2O/c1-63(2)53-34-33-50-47-21-6-9-25-55(47)65-56-26-10-7-22-48(56)52-37-44(38-54(63)59(52)60(53)61(50)65)42-18-12-17-41(35-42)40-29-31-45(32-30-40)64(46-20-13-19-43(36-46)39-15-4-3-5-16-39)57-27-14-24-51-49-23-8-11-28-58(49)66-62(51)57/h3-38H,1-2H3. The van der Waals surface area contributed by atoms with E-state index in [2.05, 4.69) is 236 Å². The summed E-state index contributed by atoms with van der Waals surface area (Å²) in [6, 6.07) is 79.9. The smallest absolute Gasteiger partial charge is 0.159 e. The highest BCUT2D eigenvalue weighted by Gasteiger charge is 2.41. The van der Waals surface area contributed by atoms with Crippen LogP contribution in [0.2, 0.25) is 0 Å². The molecule has 12 aromatic rings. The van der Waals surface area contributed by atoms with Gasteiger partial charge in [0.25, 0.3) is 0 Å². The molecule has 310 valence electrons. The van der Waals surface area contributed by atoms with E-state index in [1.807, 2.05) is 6.07 Å². The first-order chi connectivity index (χ1) is 32.5. The van der Waals surface area contributed by atoms with Crippen LogP contribution < -0.4 is 4.90 Å². The molecule has 3 heterocycles. The minimum atomic E-state index is -0.177. The summed E-state index contributed by atoms with van der Waals surface area (Å²) in [7, 11) is 0. The van der Waals surface area contributed by atoms with Crippen molar-refractivity contribution in [3.05, 3.63) is 230 Å². The number of furan rings is 1. The largest absolute Gasteiger partial charge is 0.454 e. The fraction of sp³-hybridized carbons (Fsp3) is 0.0476. The SMILES string of the molecule is CC1(C)c2cc(-c3cccc(-c4ccc(N(c5cccc(-c6ccccc6)c5)c5cccc6c5oc5ccccc56)cc4)c3)cc3c2-c2c1ccc1c4ccccc4n(c21)-c1ccccc1-3. The predicted molar refractivity (Wildman–Crippen MR) is 276 cm³/mol. The highest BCUT2D eigenvalue weighted by atomic mass is 16.3. The molecule has 0 N–H and O–H groups in total. The lowest BCUT2D eigenvalue weighted by Gasteiger charge is -2.26. The number of nitrogens with zero attached hydrogens (tertiary/aromatic N) is 2. The number of anilines is 3. The van der Waals surface area contributed by atoms with Crippen molar-refractivity contribution in [3.8, 4) is 61.3 Å². The molecule has 2 aliphatic rings. The number of hydrogen-bond acceptors (Lipinski definition) is 2. The summed E-state index contributed by atoms with van der Waals surface area (Å²) >= 11 is 0. The van der Waals surface area contributed by atoms with Gasteiger partial charge in [-0.15, -0.1) is 0 Å². The van der Waals surface area contributed by atoms with E-state index in [0.717, 1.165) is 50.1 Å². The Morgan fingerprint density at radius 3 is 1.94 bits per heavy atom. The molecule has 0 saturated carbocycles. The van der Waals surface area contributed by atoms with Gasteiger partial charge in [0.05, 0.1) is 22.4 Å². The Labute approximate surface area is 383 Å². The van der Waals surface area contributed by atoms with E-state index >= 15 is 0 Å². The molecule has 0 spiro atoms. The summed E-state index contributed by atoms with van der Waals surface area (Å²) in [5.41, 5.74) is 23.7. The first-order valence-corrected chi connectivity index (χ1v) is 22.9. The van der Waals surface area contributed by atoms with Gasteiger partial charge < -0.3 is 13.9 Å². The van der Waals surface area contributed by atoms with Gasteiger partial charge in [0.2, 0.25) is 0 Å². The molecule has 0 amide bonds. The van der Waals surface area contributed by atoms with Crippen LogP contribution in [0.5, 0.6) is 0 Å². The van der Waals surface area contributed by atoms with Gasteiger partial charge in [0, 0.05) is 49.5 Å². The summed E-state index contributed by atoms with van der Waals surface area (Å²) in [6.07, 6.45) is 0. The Balaban J connectivity index is 0.897. The Morgan fingerprint density at radius 1 is 0.409 bits per heavy atom. The number of aromatic nitrogens is 1. The topological polar surface area (TPSA) is 21.3 Å². The van der Waals surface area contributed by atoms with Crippen LogP contribution in [0.25, 0.3) is 105 Å². The first-order valence-electron chi connectivity index (χ1n) is 22.9. The maximum atomic E-state index is 6.66. The van der Waals surface area contributed by atoms with Crippen molar-refractivity contribution in [2.24, 2.45) is 0 Å². The van der Waals surface area contributed by atoms with Gasteiger partial charge in [0.15, 0.2) is 5.58 Å². The van der Waals surface area contributed by atoms with Crippen molar-refractivity contribution in [1.29, 1.82) is 0 Å². The maximum Gasteiger partial charge on any atom is 0.159 e. The van der Waals surface area contributed by atoms with Gasteiger partial charge in [-0.05, 0) is 122 Å². The number of benzene rings is 10. The Hall–Kier alpha value is -8.40. The van der Waals surface area contributed by atoms with Crippen LogP contribution in [0.3, 0.4) is 0 Å². The van der Waals surface area contributed by atoms with E-state index in [-0.39, 0.29) is 5.41 Å². The molecule has 66 heavy (non-hydrogen) atoms. The number of hydrogen-bond donors (Lipinski definition) is 0. The Morgan fingerprint density at radius 2 is 1.08 bits per heavy atom. The molecule has 0 radical (unpaired) electrons. The highest BCUT2D eigenvalue weighted by Crippen LogP contribution is 2.59. The molecule has 14 rings (SSSR count). The third-order valence-corrected chi connectivity index (χ3v) is 14.5. The van der Waals surface area contributed by atoms with Crippen LogP contribution in [0.4, 0.5) is 17.1 Å². The zero-order valence-corrected chi connectivity index (χ0v) is 36.6. The summed E-state index contributed by atoms with van der Waals surface area (Å²) in [4.78, 5) is 2.33. The molecule has 1 aliphatic heterocycles. The first kappa shape index (κ1) is 37.0. The van der Waals surface area contributed by atoms with Gasteiger partial charge in [-0.25, -0.2) is 0 Å². The fourth-order valence-electron chi connectivity index (χ4n) is 11.4. The number of fused-ring (bicyclic) bond motifs is 9. The van der Waals surface area contributed by atoms with Crippen LogP contribution in [-0.2, 0) is 5.41 Å². The zero-order chi connectivity index (χ0) is 43.7. The second kappa shape index (κ2) is 13.8. The van der Waals surface area contributed by atoms with Gasteiger partial charge in [-0.3, -0.25) is 0 Å². The van der Waals surface area contributed by atoms with Crippen molar-refractivity contribution in [2.75, 3.05) is 4.90 Å². The lowest BCUT2D eigenvalue weighted by molar-refractivity contribution is 0.661. The molecule has 0 fully saturated rings. The molecule has 0 bridgehead atoms. The molecular weight excluding hydrogens is 801 g/mol. The van der Waals surface area contributed by atoms with Crippen molar-refractivity contribution >= 4 is 60.8 Å². The van der Waals surface area contributed by atoms with E-state index < -0.39 is 0 Å². The minimum absolute atomic E-state index is 0.177. The van der Waals surface area contributed by atoms with Crippen molar-refractivity contribution in [1.82, 2.24) is 4.57 Å². The van der Waals surface area contributed by atoms with Crippen LogP contribution in [-0.4, -0.2) is 4.57 Å². The van der Waals surface area contributed by atoms with E-state index in [4.69, 9.17) is 4.42 Å². The normalized spacial score (nSPS) is 13.1. The molecule has 0 atom stereocenters. The van der Waals surface area contributed by atoms with E-state index in [1.54, 1.807) is 0 Å². The molecule has 3 nitrogen and oxygen atoms in total.